The lowest BCUT2D eigenvalue weighted by Gasteiger charge is -2.17. The van der Waals surface area contributed by atoms with Crippen LogP contribution in [0.4, 0.5) is 0 Å². The second-order valence-corrected chi connectivity index (χ2v) is 6.69. The second-order valence-electron chi connectivity index (χ2n) is 5.44. The van der Waals surface area contributed by atoms with E-state index < -0.39 is 0 Å². The van der Waals surface area contributed by atoms with Crippen molar-refractivity contribution in [2.75, 3.05) is 6.54 Å². The first kappa shape index (κ1) is 16.2. The first-order valence-corrected chi connectivity index (χ1v) is 8.84. The predicted octanol–water partition coefficient (Wildman–Crippen LogP) is 4.25. The Morgan fingerprint density at radius 1 is 1.14 bits per heavy atom. The Labute approximate surface area is 132 Å². The zero-order valence-electron chi connectivity index (χ0n) is 13.1. The number of nitrogens with zero attached hydrogens (tertiary/aromatic N) is 1. The maximum Gasteiger partial charge on any atom is 0.0404 e. The van der Waals surface area contributed by atoms with E-state index in [-0.39, 0.29) is 0 Å². The Kier molecular flexibility index (Phi) is 6.90. The van der Waals surface area contributed by atoms with Gasteiger partial charge in [0.25, 0.3) is 0 Å². The highest BCUT2D eigenvalue weighted by molar-refractivity contribution is 7.11. The fraction of sp³-hybridized carbons (Fsp3) is 0.500. The monoisotopic (exact) mass is 302 g/mol. The van der Waals surface area contributed by atoms with Crippen LogP contribution in [0.15, 0.2) is 36.5 Å². The Morgan fingerprint density at radius 3 is 2.67 bits per heavy atom. The van der Waals surface area contributed by atoms with Crippen molar-refractivity contribution in [3.63, 3.8) is 0 Å². The zero-order valence-corrected chi connectivity index (χ0v) is 14.0. The lowest BCUT2D eigenvalue weighted by Crippen LogP contribution is -2.32. The van der Waals surface area contributed by atoms with Crippen molar-refractivity contribution in [3.05, 3.63) is 52.0 Å². The molecule has 114 valence electrons. The Bertz CT molecular complexity index is 507. The van der Waals surface area contributed by atoms with Crippen molar-refractivity contribution in [1.82, 2.24) is 10.3 Å². The molecule has 1 atom stereocenters. The summed E-state index contributed by atoms with van der Waals surface area (Å²) in [6.45, 7) is 5.55. The van der Waals surface area contributed by atoms with E-state index in [1.165, 1.54) is 21.9 Å². The minimum atomic E-state index is 0.551. The van der Waals surface area contributed by atoms with Gasteiger partial charge in [-0.15, -0.1) is 11.3 Å². The van der Waals surface area contributed by atoms with E-state index in [1.807, 2.05) is 23.6 Å². The van der Waals surface area contributed by atoms with Crippen LogP contribution in [0.2, 0.25) is 0 Å². The maximum atomic E-state index is 4.43. The van der Waals surface area contributed by atoms with E-state index in [4.69, 9.17) is 0 Å². The summed E-state index contributed by atoms with van der Waals surface area (Å²) in [5, 5.41) is 3.69. The van der Waals surface area contributed by atoms with Gasteiger partial charge < -0.3 is 5.32 Å². The van der Waals surface area contributed by atoms with Crippen LogP contribution in [0.3, 0.4) is 0 Å². The highest BCUT2D eigenvalue weighted by Crippen LogP contribution is 2.19. The second kappa shape index (κ2) is 8.96. The highest BCUT2D eigenvalue weighted by Gasteiger charge is 2.11. The van der Waals surface area contributed by atoms with Crippen LogP contribution in [0.25, 0.3) is 0 Å². The number of hydrogen-bond acceptors (Lipinski definition) is 3. The number of rotatable bonds is 9. The van der Waals surface area contributed by atoms with E-state index in [1.54, 1.807) is 0 Å². The minimum Gasteiger partial charge on any atom is -0.314 e. The van der Waals surface area contributed by atoms with E-state index in [9.17, 15) is 0 Å². The SMILES string of the molecule is CCCNC(CCc1ccccn1)Cc1ccc(CC)s1. The molecule has 0 bridgehead atoms. The third-order valence-electron chi connectivity index (χ3n) is 3.67. The summed E-state index contributed by atoms with van der Waals surface area (Å²) in [7, 11) is 0. The van der Waals surface area contributed by atoms with Crippen LogP contribution in [0.5, 0.6) is 0 Å². The van der Waals surface area contributed by atoms with Gasteiger partial charge in [-0.05, 0) is 62.9 Å². The lowest BCUT2D eigenvalue weighted by molar-refractivity contribution is 0.478. The standard InChI is InChI=1S/C18H26N2S/c1-3-12-19-16(9-8-15-7-5-6-13-20-15)14-18-11-10-17(4-2)21-18/h5-7,10-11,13,16,19H,3-4,8-9,12,14H2,1-2H3. The van der Waals surface area contributed by atoms with Gasteiger partial charge in [0.15, 0.2) is 0 Å². The van der Waals surface area contributed by atoms with Crippen molar-refractivity contribution in [1.29, 1.82) is 0 Å². The van der Waals surface area contributed by atoms with Crippen LogP contribution in [0, 0.1) is 0 Å². The average Bonchev–Trinajstić information content (AvgIpc) is 2.98. The van der Waals surface area contributed by atoms with Gasteiger partial charge in [-0.2, -0.15) is 0 Å². The van der Waals surface area contributed by atoms with Gasteiger partial charge in [-0.1, -0.05) is 19.9 Å². The first-order valence-electron chi connectivity index (χ1n) is 8.02. The quantitative estimate of drug-likeness (QED) is 0.749. The molecule has 2 aromatic rings. The average molecular weight is 302 g/mol. The van der Waals surface area contributed by atoms with Crippen molar-refractivity contribution < 1.29 is 0 Å². The fourth-order valence-corrected chi connectivity index (χ4v) is 3.50. The van der Waals surface area contributed by atoms with Crippen molar-refractivity contribution >= 4 is 11.3 Å². The molecular formula is C18H26N2S. The molecular weight excluding hydrogens is 276 g/mol. The third-order valence-corrected chi connectivity index (χ3v) is 4.92. The van der Waals surface area contributed by atoms with E-state index in [2.05, 4.69) is 48.4 Å². The molecule has 0 aromatic carbocycles. The summed E-state index contributed by atoms with van der Waals surface area (Å²) >= 11 is 1.96. The largest absolute Gasteiger partial charge is 0.314 e. The Hall–Kier alpha value is -1.19. The Morgan fingerprint density at radius 2 is 2.00 bits per heavy atom. The topological polar surface area (TPSA) is 24.9 Å². The smallest absolute Gasteiger partial charge is 0.0404 e. The summed E-state index contributed by atoms with van der Waals surface area (Å²) in [4.78, 5) is 7.42. The number of aromatic nitrogens is 1. The molecule has 0 radical (unpaired) electrons. The van der Waals surface area contributed by atoms with E-state index in [0.717, 1.165) is 32.2 Å². The first-order chi connectivity index (χ1) is 10.3. The van der Waals surface area contributed by atoms with Crippen LogP contribution in [-0.2, 0) is 19.3 Å². The summed E-state index contributed by atoms with van der Waals surface area (Å²) in [5.41, 5.74) is 1.20. The van der Waals surface area contributed by atoms with E-state index in [0.29, 0.717) is 6.04 Å². The predicted molar refractivity (Wildman–Crippen MR) is 92.0 cm³/mol. The molecule has 2 rings (SSSR count). The van der Waals surface area contributed by atoms with Gasteiger partial charge in [0.05, 0.1) is 0 Å². The normalized spacial score (nSPS) is 12.5. The molecule has 0 aliphatic heterocycles. The number of thiophene rings is 1. The molecule has 1 unspecified atom stereocenters. The van der Waals surface area contributed by atoms with Gasteiger partial charge in [-0.25, -0.2) is 0 Å². The molecule has 0 amide bonds. The Balaban J connectivity index is 1.90. The van der Waals surface area contributed by atoms with Crippen molar-refractivity contribution in [2.45, 2.75) is 52.0 Å². The molecule has 3 heteroatoms. The molecule has 0 saturated heterocycles. The summed E-state index contributed by atoms with van der Waals surface area (Å²) in [5.74, 6) is 0. The minimum absolute atomic E-state index is 0.551. The fourth-order valence-electron chi connectivity index (χ4n) is 2.46. The van der Waals surface area contributed by atoms with Gasteiger partial charge in [0.1, 0.15) is 0 Å². The number of hydrogen-bond donors (Lipinski definition) is 1. The van der Waals surface area contributed by atoms with Gasteiger partial charge >= 0.3 is 0 Å². The van der Waals surface area contributed by atoms with Gasteiger partial charge in [0, 0.05) is 27.7 Å². The molecule has 1 N–H and O–H groups in total. The molecule has 21 heavy (non-hydrogen) atoms. The highest BCUT2D eigenvalue weighted by atomic mass is 32.1. The van der Waals surface area contributed by atoms with Gasteiger partial charge in [0.2, 0.25) is 0 Å². The maximum absolute atomic E-state index is 4.43. The van der Waals surface area contributed by atoms with Crippen molar-refractivity contribution in [2.24, 2.45) is 0 Å². The molecule has 2 nitrogen and oxygen atoms in total. The van der Waals surface area contributed by atoms with Crippen LogP contribution < -0.4 is 5.32 Å². The van der Waals surface area contributed by atoms with E-state index >= 15 is 0 Å². The molecule has 0 saturated carbocycles. The van der Waals surface area contributed by atoms with Crippen LogP contribution in [0.1, 0.15) is 42.1 Å². The number of pyridine rings is 1. The number of nitrogens with one attached hydrogen (secondary N) is 1. The molecule has 0 aliphatic carbocycles. The number of aryl methyl sites for hydroxylation is 2. The molecule has 0 fully saturated rings. The summed E-state index contributed by atoms with van der Waals surface area (Å²) in [6.07, 6.45) is 7.55. The molecule has 0 aliphatic rings. The molecule has 2 aromatic heterocycles. The van der Waals surface area contributed by atoms with Crippen LogP contribution >= 0.6 is 11.3 Å². The summed E-state index contributed by atoms with van der Waals surface area (Å²) < 4.78 is 0. The molecule has 0 spiro atoms. The van der Waals surface area contributed by atoms with Crippen molar-refractivity contribution in [3.8, 4) is 0 Å². The van der Waals surface area contributed by atoms with Crippen LogP contribution in [-0.4, -0.2) is 17.6 Å². The van der Waals surface area contributed by atoms with Gasteiger partial charge in [-0.3, -0.25) is 4.98 Å². The lowest BCUT2D eigenvalue weighted by atomic mass is 10.0. The molecule has 2 heterocycles. The third kappa shape index (κ3) is 5.60. The zero-order chi connectivity index (χ0) is 14.9. The summed E-state index contributed by atoms with van der Waals surface area (Å²) in [6, 6.07) is 11.3.